The highest BCUT2D eigenvalue weighted by Crippen LogP contribution is 2.38. The molecule has 0 aliphatic carbocycles. The summed E-state index contributed by atoms with van der Waals surface area (Å²) in [6.07, 6.45) is 4.04. The highest BCUT2D eigenvalue weighted by atomic mass is 32.2. The van der Waals surface area contributed by atoms with Crippen molar-refractivity contribution < 1.29 is 13.2 Å². The molecule has 1 aromatic carbocycles. The number of rotatable bonds is 8. The van der Waals surface area contributed by atoms with E-state index in [4.69, 9.17) is 5.26 Å². The Morgan fingerprint density at radius 2 is 1.94 bits per heavy atom. The fourth-order valence-corrected chi connectivity index (χ4v) is 5.78. The number of anilines is 2. The van der Waals surface area contributed by atoms with Crippen molar-refractivity contribution in [1.29, 1.82) is 5.26 Å². The van der Waals surface area contributed by atoms with E-state index in [9.17, 15) is 13.2 Å². The van der Waals surface area contributed by atoms with Gasteiger partial charge in [-0.25, -0.2) is 13.4 Å². The zero-order chi connectivity index (χ0) is 25.0. The molecule has 1 aliphatic heterocycles. The van der Waals surface area contributed by atoms with Crippen molar-refractivity contribution in [2.75, 3.05) is 23.7 Å². The number of hydrogen-bond acceptors (Lipinski definition) is 7. The zero-order valence-electron chi connectivity index (χ0n) is 19.9. The van der Waals surface area contributed by atoms with Crippen LogP contribution < -0.4 is 10.6 Å². The molecule has 2 aromatic heterocycles. The number of aromatic amines is 1. The number of fused-ring (bicyclic) bond motifs is 1. The SMILES string of the molecule is CCC(=O)Nc1c(S(=O)(=O)c2ccccc2)nc2[nH]ccc2c1NC1CCN(C(C)CC#N)CC1. The number of carbonyl (C=O) groups is 1. The summed E-state index contributed by atoms with van der Waals surface area (Å²) in [7, 11) is -4.01. The van der Waals surface area contributed by atoms with Crippen LogP contribution in [0.5, 0.6) is 0 Å². The topological polar surface area (TPSA) is 131 Å². The summed E-state index contributed by atoms with van der Waals surface area (Å²) in [5.41, 5.74) is 1.15. The largest absolute Gasteiger partial charge is 0.380 e. The van der Waals surface area contributed by atoms with Gasteiger partial charge in [0.25, 0.3) is 0 Å². The number of benzene rings is 1. The molecule has 0 saturated carbocycles. The van der Waals surface area contributed by atoms with Crippen LogP contribution in [-0.4, -0.2) is 54.4 Å². The lowest BCUT2D eigenvalue weighted by molar-refractivity contribution is -0.115. The van der Waals surface area contributed by atoms with Gasteiger partial charge in [-0.15, -0.1) is 0 Å². The van der Waals surface area contributed by atoms with Crippen molar-refractivity contribution >= 4 is 38.2 Å². The van der Waals surface area contributed by atoms with Gasteiger partial charge in [-0.1, -0.05) is 25.1 Å². The maximum atomic E-state index is 13.6. The lowest BCUT2D eigenvalue weighted by atomic mass is 10.0. The number of sulfone groups is 1. The maximum absolute atomic E-state index is 13.6. The first-order valence-electron chi connectivity index (χ1n) is 11.8. The predicted molar refractivity (Wildman–Crippen MR) is 135 cm³/mol. The Labute approximate surface area is 205 Å². The molecule has 184 valence electrons. The Balaban J connectivity index is 1.75. The third kappa shape index (κ3) is 5.16. The Kier molecular flexibility index (Phi) is 7.38. The van der Waals surface area contributed by atoms with Crippen molar-refractivity contribution in [2.24, 2.45) is 0 Å². The van der Waals surface area contributed by atoms with Gasteiger partial charge in [-0.05, 0) is 38.0 Å². The fraction of sp³-hybridized carbons (Fsp3) is 0.400. The highest BCUT2D eigenvalue weighted by Gasteiger charge is 2.30. The quantitative estimate of drug-likeness (QED) is 0.432. The minimum Gasteiger partial charge on any atom is -0.380 e. The van der Waals surface area contributed by atoms with Crippen molar-refractivity contribution in [2.45, 2.75) is 61.5 Å². The summed E-state index contributed by atoms with van der Waals surface area (Å²) >= 11 is 0. The van der Waals surface area contributed by atoms with E-state index >= 15 is 0 Å². The molecule has 1 aliphatic rings. The van der Waals surface area contributed by atoms with Crippen LogP contribution >= 0.6 is 0 Å². The van der Waals surface area contributed by atoms with Crippen LogP contribution in [0.4, 0.5) is 11.4 Å². The van der Waals surface area contributed by atoms with Crippen molar-refractivity contribution in [1.82, 2.24) is 14.9 Å². The van der Waals surface area contributed by atoms with Crippen LogP contribution in [0.1, 0.15) is 39.5 Å². The minimum absolute atomic E-state index is 0.0746. The molecule has 3 N–H and O–H groups in total. The van der Waals surface area contributed by atoms with E-state index in [0.717, 1.165) is 25.9 Å². The van der Waals surface area contributed by atoms with E-state index in [-0.39, 0.29) is 40.0 Å². The summed E-state index contributed by atoms with van der Waals surface area (Å²) in [6.45, 7) is 5.43. The van der Waals surface area contributed by atoms with Gasteiger partial charge in [-0.2, -0.15) is 5.26 Å². The standard InChI is InChI=1S/C25H30N6O3S/c1-3-21(32)29-23-22(28-18-11-15-31(16-12-18)17(2)9-13-26)20-10-14-27-24(20)30-25(23)35(33,34)19-7-5-4-6-8-19/h4-8,10,14,17-18H,3,9,11-12,15-16H2,1-2H3,(H,29,32)(H2,27,28,30). The zero-order valence-corrected chi connectivity index (χ0v) is 20.7. The number of pyridine rings is 1. The third-order valence-corrected chi connectivity index (χ3v) is 8.15. The van der Waals surface area contributed by atoms with E-state index in [1.807, 2.05) is 6.07 Å². The lowest BCUT2D eigenvalue weighted by Crippen LogP contribution is -2.43. The van der Waals surface area contributed by atoms with Gasteiger partial charge >= 0.3 is 0 Å². The second-order valence-electron chi connectivity index (χ2n) is 8.79. The molecular weight excluding hydrogens is 464 g/mol. The van der Waals surface area contributed by atoms with Crippen molar-refractivity contribution in [3.8, 4) is 6.07 Å². The number of carbonyl (C=O) groups excluding carboxylic acids is 1. The van der Waals surface area contributed by atoms with Crippen LogP contribution in [0, 0.1) is 11.3 Å². The number of amides is 1. The number of H-pyrrole nitrogens is 1. The molecule has 3 aromatic rings. The third-order valence-electron chi connectivity index (χ3n) is 6.45. The van der Waals surface area contributed by atoms with E-state index in [1.165, 1.54) is 12.1 Å². The fourth-order valence-electron chi connectivity index (χ4n) is 4.40. The van der Waals surface area contributed by atoms with Gasteiger partial charge in [0.1, 0.15) is 11.3 Å². The molecular formula is C25H30N6O3S. The van der Waals surface area contributed by atoms with Gasteiger partial charge < -0.3 is 15.6 Å². The van der Waals surface area contributed by atoms with E-state index in [0.29, 0.717) is 23.1 Å². The molecule has 1 unspecified atom stereocenters. The number of piperidine rings is 1. The highest BCUT2D eigenvalue weighted by molar-refractivity contribution is 7.91. The molecule has 1 atom stereocenters. The minimum atomic E-state index is -4.01. The first kappa shape index (κ1) is 24.7. The van der Waals surface area contributed by atoms with Crippen LogP contribution in [0.25, 0.3) is 11.0 Å². The predicted octanol–water partition coefficient (Wildman–Crippen LogP) is 3.92. The summed E-state index contributed by atoms with van der Waals surface area (Å²) in [5, 5.41) is 15.9. The molecule has 3 heterocycles. The van der Waals surface area contributed by atoms with E-state index < -0.39 is 9.84 Å². The first-order valence-corrected chi connectivity index (χ1v) is 13.3. The van der Waals surface area contributed by atoms with Crippen molar-refractivity contribution in [3.63, 3.8) is 0 Å². The average Bonchev–Trinajstić information content (AvgIpc) is 3.35. The van der Waals surface area contributed by atoms with Crippen LogP contribution in [0.2, 0.25) is 0 Å². The number of likely N-dealkylation sites (tertiary alicyclic amines) is 1. The van der Waals surface area contributed by atoms with Gasteiger partial charge in [0.15, 0.2) is 5.03 Å². The summed E-state index contributed by atoms with van der Waals surface area (Å²) in [6, 6.07) is 12.4. The molecule has 4 rings (SSSR count). The lowest BCUT2D eigenvalue weighted by Gasteiger charge is -2.36. The number of nitriles is 1. The van der Waals surface area contributed by atoms with E-state index in [2.05, 4.69) is 38.5 Å². The Bertz CT molecular complexity index is 1340. The summed E-state index contributed by atoms with van der Waals surface area (Å²) in [4.78, 5) is 22.4. The molecule has 1 amide bonds. The maximum Gasteiger partial charge on any atom is 0.226 e. The van der Waals surface area contributed by atoms with Crippen LogP contribution in [0.3, 0.4) is 0 Å². The second-order valence-corrected chi connectivity index (χ2v) is 10.7. The average molecular weight is 495 g/mol. The van der Waals surface area contributed by atoms with Gasteiger partial charge in [0, 0.05) is 43.2 Å². The molecule has 1 saturated heterocycles. The number of aromatic nitrogens is 2. The summed E-state index contributed by atoms with van der Waals surface area (Å²) < 4.78 is 27.3. The Hall–Kier alpha value is -3.42. The first-order chi connectivity index (χ1) is 16.8. The van der Waals surface area contributed by atoms with Gasteiger partial charge in [0.05, 0.1) is 23.1 Å². The van der Waals surface area contributed by atoms with E-state index in [1.54, 1.807) is 31.3 Å². The molecule has 0 radical (unpaired) electrons. The van der Waals surface area contributed by atoms with Gasteiger partial charge in [-0.3, -0.25) is 9.69 Å². The molecule has 35 heavy (non-hydrogen) atoms. The molecule has 10 heteroatoms. The molecule has 0 spiro atoms. The normalized spacial score (nSPS) is 16.0. The molecule has 9 nitrogen and oxygen atoms in total. The number of hydrogen-bond donors (Lipinski definition) is 3. The smallest absolute Gasteiger partial charge is 0.226 e. The summed E-state index contributed by atoms with van der Waals surface area (Å²) in [5.74, 6) is -0.297. The number of nitrogens with one attached hydrogen (secondary N) is 3. The Morgan fingerprint density at radius 3 is 2.60 bits per heavy atom. The Morgan fingerprint density at radius 1 is 1.23 bits per heavy atom. The molecule has 0 bridgehead atoms. The second kappa shape index (κ2) is 10.5. The number of nitrogens with zero attached hydrogens (tertiary/aromatic N) is 3. The monoisotopic (exact) mass is 494 g/mol. The van der Waals surface area contributed by atoms with Crippen molar-refractivity contribution in [3.05, 3.63) is 42.6 Å². The van der Waals surface area contributed by atoms with Gasteiger partial charge in [0.2, 0.25) is 15.7 Å². The molecule has 1 fully saturated rings. The van der Waals surface area contributed by atoms with Crippen LogP contribution in [0.15, 0.2) is 52.5 Å². The van der Waals surface area contributed by atoms with Crippen LogP contribution in [-0.2, 0) is 14.6 Å².